The highest BCUT2D eigenvalue weighted by Gasteiger charge is 2.44. The van der Waals surface area contributed by atoms with E-state index in [4.69, 9.17) is 14.2 Å². The average molecular weight is 624 g/mol. The summed E-state index contributed by atoms with van der Waals surface area (Å²) in [5.41, 5.74) is 8.83. The molecule has 0 saturated heterocycles. The third-order valence-electron chi connectivity index (χ3n) is 9.68. The Balaban J connectivity index is 1.47. The van der Waals surface area contributed by atoms with Crippen LogP contribution < -0.4 is 19.5 Å². The van der Waals surface area contributed by atoms with Gasteiger partial charge in [-0.3, -0.25) is 4.79 Å². The molecule has 0 fully saturated rings. The smallest absolute Gasteiger partial charge is 0.221 e. The van der Waals surface area contributed by atoms with E-state index in [0.717, 1.165) is 63.2 Å². The highest BCUT2D eigenvalue weighted by molar-refractivity contribution is 6.10. The molecule has 0 aromatic heterocycles. The van der Waals surface area contributed by atoms with Gasteiger partial charge in [-0.1, -0.05) is 81.3 Å². The van der Waals surface area contributed by atoms with Crippen LogP contribution in [0.2, 0.25) is 0 Å². The fraction of sp³-hybridized carbons (Fsp3) is 0.262. The van der Waals surface area contributed by atoms with E-state index in [0.29, 0.717) is 6.61 Å². The number of ether oxygens (including phenoxy) is 3. The Morgan fingerprint density at radius 3 is 2.23 bits per heavy atom. The third kappa shape index (κ3) is 5.05. The van der Waals surface area contributed by atoms with Crippen LogP contribution in [-0.2, 0) is 15.8 Å². The monoisotopic (exact) mass is 623 g/mol. The average Bonchev–Trinajstić information content (AvgIpc) is 3.31. The number of methoxy groups -OCH3 is 1. The number of carbonyl (C=O) groups is 1. The Morgan fingerprint density at radius 1 is 0.872 bits per heavy atom. The summed E-state index contributed by atoms with van der Waals surface area (Å²) in [7, 11) is 1.68. The maximum absolute atomic E-state index is 12.1. The van der Waals surface area contributed by atoms with Crippen LogP contribution in [-0.4, -0.2) is 19.6 Å². The molecule has 2 aliphatic rings. The summed E-state index contributed by atoms with van der Waals surface area (Å²) in [6.07, 6.45) is 6.56. The highest BCUT2D eigenvalue weighted by Crippen LogP contribution is 2.58. The number of rotatable bonds is 8. The third-order valence-corrected chi connectivity index (χ3v) is 9.68. The zero-order valence-corrected chi connectivity index (χ0v) is 28.0. The molecule has 1 amide bonds. The molecule has 0 saturated carbocycles. The van der Waals surface area contributed by atoms with Gasteiger partial charge < -0.3 is 19.5 Å². The van der Waals surface area contributed by atoms with Gasteiger partial charge in [-0.2, -0.15) is 0 Å². The first-order valence-electron chi connectivity index (χ1n) is 16.5. The van der Waals surface area contributed by atoms with E-state index in [9.17, 15) is 4.79 Å². The zero-order chi connectivity index (χ0) is 32.9. The molecule has 1 N–H and O–H groups in total. The number of hydrogen-bond donors (Lipinski definition) is 1. The van der Waals surface area contributed by atoms with Crippen molar-refractivity contribution in [3.05, 3.63) is 124 Å². The van der Waals surface area contributed by atoms with Crippen LogP contribution in [0.15, 0.2) is 91.0 Å². The summed E-state index contributed by atoms with van der Waals surface area (Å²) in [6, 6.07) is 29.3. The number of benzene rings is 5. The van der Waals surface area contributed by atoms with Gasteiger partial charge in [0.05, 0.1) is 13.7 Å². The van der Waals surface area contributed by atoms with E-state index in [2.05, 4.69) is 99.8 Å². The lowest BCUT2D eigenvalue weighted by Gasteiger charge is -2.38. The molecule has 0 radical (unpaired) electrons. The summed E-state index contributed by atoms with van der Waals surface area (Å²) in [6.45, 7) is 11.2. The molecular formula is C42H41NO4. The SMILES string of the molecule is CCCCOc1ccc(C2(c3ccc(OC)cc3)C=Cc3c4c(c5cc(NC(C)=O)ccc5c3O2)-c2ccc(C)cc2C4(C)C)cc1. The molecule has 238 valence electrons. The summed E-state index contributed by atoms with van der Waals surface area (Å²) in [4.78, 5) is 12.1. The summed E-state index contributed by atoms with van der Waals surface area (Å²) < 4.78 is 19.0. The quantitative estimate of drug-likeness (QED) is 0.175. The lowest BCUT2D eigenvalue weighted by atomic mass is 9.76. The van der Waals surface area contributed by atoms with Gasteiger partial charge in [0, 0.05) is 40.1 Å². The molecule has 5 heteroatoms. The van der Waals surface area contributed by atoms with Crippen molar-refractivity contribution >= 4 is 28.4 Å². The minimum Gasteiger partial charge on any atom is -0.497 e. The van der Waals surface area contributed by atoms with Gasteiger partial charge in [0.25, 0.3) is 0 Å². The van der Waals surface area contributed by atoms with Gasteiger partial charge in [-0.25, -0.2) is 0 Å². The lowest BCUT2D eigenvalue weighted by Crippen LogP contribution is -2.35. The Hall–Kier alpha value is -5.03. The zero-order valence-electron chi connectivity index (χ0n) is 28.0. The summed E-state index contributed by atoms with van der Waals surface area (Å²) >= 11 is 0. The number of hydrogen-bond acceptors (Lipinski definition) is 4. The topological polar surface area (TPSA) is 56.8 Å². The standard InChI is InChI=1S/C42H41NO4/c1-7-8-23-46-32-17-12-29(13-18-32)42(28-10-15-31(45-6)16-11-28)22-21-35-39-38(34-19-9-26(2)24-37(34)41(39,4)5)36-25-30(43-27(3)44)14-20-33(36)40(35)47-42/h9-22,24-25H,7-8,23H2,1-6H3,(H,43,44). The minimum atomic E-state index is -0.912. The molecule has 5 aromatic carbocycles. The summed E-state index contributed by atoms with van der Waals surface area (Å²) in [5.74, 6) is 2.35. The van der Waals surface area contributed by atoms with Crippen LogP contribution in [0.5, 0.6) is 17.2 Å². The molecule has 1 atom stereocenters. The van der Waals surface area contributed by atoms with Gasteiger partial charge >= 0.3 is 0 Å². The van der Waals surface area contributed by atoms with Crippen LogP contribution >= 0.6 is 0 Å². The van der Waals surface area contributed by atoms with Crippen molar-refractivity contribution in [3.8, 4) is 28.4 Å². The van der Waals surface area contributed by atoms with E-state index < -0.39 is 5.60 Å². The van der Waals surface area contributed by atoms with Crippen LogP contribution in [0, 0.1) is 6.92 Å². The van der Waals surface area contributed by atoms with Gasteiger partial charge in [-0.05, 0) is 89.5 Å². The largest absolute Gasteiger partial charge is 0.497 e. The fourth-order valence-corrected chi connectivity index (χ4v) is 7.33. The highest BCUT2D eigenvalue weighted by atomic mass is 16.5. The first kappa shape index (κ1) is 30.6. The molecular weight excluding hydrogens is 582 g/mol. The predicted octanol–water partition coefficient (Wildman–Crippen LogP) is 9.95. The van der Waals surface area contributed by atoms with Crippen LogP contribution in [0.4, 0.5) is 5.69 Å². The van der Waals surface area contributed by atoms with Crippen molar-refractivity contribution < 1.29 is 19.0 Å². The number of aryl methyl sites for hydroxylation is 1. The van der Waals surface area contributed by atoms with E-state index in [-0.39, 0.29) is 11.3 Å². The Morgan fingerprint density at radius 2 is 1.57 bits per heavy atom. The number of carbonyl (C=O) groups excluding carboxylic acids is 1. The first-order valence-corrected chi connectivity index (χ1v) is 16.5. The predicted molar refractivity (Wildman–Crippen MR) is 191 cm³/mol. The molecule has 5 nitrogen and oxygen atoms in total. The Bertz CT molecular complexity index is 2040. The van der Waals surface area contributed by atoms with Gasteiger partial charge in [-0.15, -0.1) is 0 Å². The van der Waals surface area contributed by atoms with E-state index in [1.807, 2.05) is 30.3 Å². The van der Waals surface area contributed by atoms with Crippen molar-refractivity contribution in [1.82, 2.24) is 0 Å². The van der Waals surface area contributed by atoms with Crippen molar-refractivity contribution in [1.29, 1.82) is 0 Å². The van der Waals surface area contributed by atoms with Crippen molar-refractivity contribution in [3.63, 3.8) is 0 Å². The number of anilines is 1. The second-order valence-electron chi connectivity index (χ2n) is 13.2. The van der Waals surface area contributed by atoms with E-state index in [1.54, 1.807) is 14.0 Å². The molecule has 47 heavy (non-hydrogen) atoms. The Kier molecular flexibility index (Phi) is 7.59. The van der Waals surface area contributed by atoms with Gasteiger partial charge in [0.1, 0.15) is 17.2 Å². The normalized spacial score (nSPS) is 17.0. The first-order chi connectivity index (χ1) is 22.7. The number of amides is 1. The van der Waals surface area contributed by atoms with Gasteiger partial charge in [0.15, 0.2) is 5.60 Å². The molecule has 0 spiro atoms. The van der Waals surface area contributed by atoms with Crippen LogP contribution in [0.3, 0.4) is 0 Å². The van der Waals surface area contributed by atoms with E-state index in [1.165, 1.54) is 27.8 Å². The molecule has 1 unspecified atom stereocenters. The van der Waals surface area contributed by atoms with Crippen molar-refractivity contribution in [2.24, 2.45) is 0 Å². The maximum atomic E-state index is 12.1. The molecule has 1 heterocycles. The fourth-order valence-electron chi connectivity index (χ4n) is 7.33. The number of unbranched alkanes of at least 4 members (excludes halogenated alkanes) is 1. The minimum absolute atomic E-state index is 0.102. The van der Waals surface area contributed by atoms with Crippen LogP contribution in [0.1, 0.15) is 73.9 Å². The van der Waals surface area contributed by atoms with Crippen molar-refractivity contribution in [2.45, 2.75) is 58.5 Å². The van der Waals surface area contributed by atoms with E-state index >= 15 is 0 Å². The molecule has 1 aliphatic carbocycles. The lowest BCUT2D eigenvalue weighted by molar-refractivity contribution is -0.114. The molecule has 7 rings (SSSR count). The second-order valence-corrected chi connectivity index (χ2v) is 13.2. The second kappa shape index (κ2) is 11.6. The van der Waals surface area contributed by atoms with Crippen LogP contribution in [0.25, 0.3) is 28.0 Å². The summed E-state index contributed by atoms with van der Waals surface area (Å²) in [5, 5.41) is 5.06. The van der Waals surface area contributed by atoms with Crippen molar-refractivity contribution in [2.75, 3.05) is 19.0 Å². The number of nitrogens with one attached hydrogen (secondary N) is 1. The maximum Gasteiger partial charge on any atom is 0.221 e. The number of fused-ring (bicyclic) bond motifs is 8. The van der Waals surface area contributed by atoms with Gasteiger partial charge in [0.2, 0.25) is 5.91 Å². The molecule has 0 bridgehead atoms. The molecule has 1 aliphatic heterocycles. The Labute approximate surface area is 277 Å². The molecule has 5 aromatic rings.